The van der Waals surface area contributed by atoms with Gasteiger partial charge in [0, 0.05) is 69.2 Å². The zero-order valence-electron chi connectivity index (χ0n) is 14.1. The Balaban J connectivity index is 1.28. The summed E-state index contributed by atoms with van der Waals surface area (Å²) >= 11 is 1.66. The number of piperazine rings is 1. The molecule has 0 unspecified atom stereocenters. The zero-order chi connectivity index (χ0) is 17.1. The van der Waals surface area contributed by atoms with Gasteiger partial charge in [0.1, 0.15) is 5.82 Å². The predicted octanol–water partition coefficient (Wildman–Crippen LogP) is 1.50. The van der Waals surface area contributed by atoms with Crippen LogP contribution in [0.2, 0.25) is 0 Å². The van der Waals surface area contributed by atoms with E-state index in [1.807, 2.05) is 16.5 Å². The first-order valence-corrected chi connectivity index (χ1v) is 9.63. The summed E-state index contributed by atoms with van der Waals surface area (Å²) in [6.07, 6.45) is 8.81. The van der Waals surface area contributed by atoms with Crippen molar-refractivity contribution in [1.82, 2.24) is 19.9 Å². The summed E-state index contributed by atoms with van der Waals surface area (Å²) in [6.45, 7) is 5.07. The van der Waals surface area contributed by atoms with Crippen molar-refractivity contribution in [3.05, 3.63) is 30.2 Å². The van der Waals surface area contributed by atoms with Gasteiger partial charge in [-0.25, -0.2) is 9.97 Å². The minimum absolute atomic E-state index is 0.138. The van der Waals surface area contributed by atoms with Gasteiger partial charge in [-0.15, -0.1) is 11.3 Å². The Labute approximate surface area is 151 Å². The summed E-state index contributed by atoms with van der Waals surface area (Å²) in [5, 5.41) is 3.06. The lowest BCUT2D eigenvalue weighted by molar-refractivity contribution is -0.136. The van der Waals surface area contributed by atoms with Crippen LogP contribution in [0.25, 0.3) is 0 Å². The van der Waals surface area contributed by atoms with Crippen molar-refractivity contribution in [2.24, 2.45) is 5.92 Å². The highest BCUT2D eigenvalue weighted by Crippen LogP contribution is 2.24. The lowest BCUT2D eigenvalue weighted by Gasteiger charge is -2.38. The molecule has 0 spiro atoms. The molecule has 25 heavy (non-hydrogen) atoms. The molecule has 0 atom stereocenters. The monoisotopic (exact) mass is 358 g/mol. The van der Waals surface area contributed by atoms with Crippen LogP contribution in [0.5, 0.6) is 0 Å². The molecule has 2 fully saturated rings. The SMILES string of the molecule is O=C(C1CCN(c2cnccn2)CC1)N1CCN(c2nccs2)CC1. The van der Waals surface area contributed by atoms with Gasteiger partial charge in [0.05, 0.1) is 6.20 Å². The molecule has 8 heteroatoms. The molecule has 2 aromatic heterocycles. The van der Waals surface area contributed by atoms with Gasteiger partial charge in [-0.1, -0.05) is 0 Å². The van der Waals surface area contributed by atoms with Crippen molar-refractivity contribution in [1.29, 1.82) is 0 Å². The largest absolute Gasteiger partial charge is 0.355 e. The fourth-order valence-corrected chi connectivity index (χ4v) is 4.26. The third-order valence-electron chi connectivity index (χ3n) is 5.00. The first-order chi connectivity index (χ1) is 12.3. The first-order valence-electron chi connectivity index (χ1n) is 8.75. The van der Waals surface area contributed by atoms with Crippen molar-refractivity contribution in [2.75, 3.05) is 49.1 Å². The van der Waals surface area contributed by atoms with Crippen LogP contribution in [0.15, 0.2) is 30.2 Å². The van der Waals surface area contributed by atoms with Gasteiger partial charge in [-0.2, -0.15) is 0 Å². The minimum atomic E-state index is 0.138. The average molecular weight is 358 g/mol. The smallest absolute Gasteiger partial charge is 0.225 e. The molecule has 1 amide bonds. The fourth-order valence-electron chi connectivity index (χ4n) is 3.56. The quantitative estimate of drug-likeness (QED) is 0.828. The van der Waals surface area contributed by atoms with Crippen LogP contribution < -0.4 is 9.80 Å². The number of rotatable bonds is 3. The van der Waals surface area contributed by atoms with Crippen LogP contribution in [0.1, 0.15) is 12.8 Å². The number of carbonyl (C=O) groups excluding carboxylic acids is 1. The highest BCUT2D eigenvalue weighted by molar-refractivity contribution is 7.13. The maximum absolute atomic E-state index is 12.8. The van der Waals surface area contributed by atoms with Crippen LogP contribution in [0, 0.1) is 5.92 Å². The number of thiazole rings is 1. The molecule has 132 valence electrons. The van der Waals surface area contributed by atoms with E-state index in [1.54, 1.807) is 29.9 Å². The van der Waals surface area contributed by atoms with E-state index in [2.05, 4.69) is 24.8 Å². The second kappa shape index (κ2) is 7.35. The lowest BCUT2D eigenvalue weighted by atomic mass is 9.95. The molecule has 0 aromatic carbocycles. The second-order valence-electron chi connectivity index (χ2n) is 6.45. The Hall–Kier alpha value is -2.22. The van der Waals surface area contributed by atoms with Gasteiger partial charge in [-0.05, 0) is 12.8 Å². The first kappa shape index (κ1) is 16.3. The fraction of sp³-hybridized carbons (Fsp3) is 0.529. The van der Waals surface area contributed by atoms with E-state index < -0.39 is 0 Å². The maximum atomic E-state index is 12.8. The summed E-state index contributed by atoms with van der Waals surface area (Å²) in [5.41, 5.74) is 0. The number of nitrogens with zero attached hydrogens (tertiary/aromatic N) is 6. The molecule has 2 aliphatic heterocycles. The standard InChI is InChI=1S/C17H22N6OS/c24-16(22-8-10-23(11-9-22)17-20-5-12-25-17)14-1-6-21(7-2-14)15-13-18-3-4-19-15/h3-5,12-14H,1-2,6-11H2. The highest BCUT2D eigenvalue weighted by Gasteiger charge is 2.31. The summed E-state index contributed by atoms with van der Waals surface area (Å²) in [4.78, 5) is 32.2. The Morgan fingerprint density at radius 1 is 0.960 bits per heavy atom. The van der Waals surface area contributed by atoms with Crippen molar-refractivity contribution >= 4 is 28.2 Å². The van der Waals surface area contributed by atoms with Crippen LogP contribution in [0.4, 0.5) is 10.9 Å². The number of piperidine rings is 1. The molecule has 0 N–H and O–H groups in total. The summed E-state index contributed by atoms with van der Waals surface area (Å²) < 4.78 is 0. The van der Waals surface area contributed by atoms with Crippen molar-refractivity contribution in [2.45, 2.75) is 12.8 Å². The van der Waals surface area contributed by atoms with Gasteiger partial charge in [0.15, 0.2) is 5.13 Å². The third-order valence-corrected chi connectivity index (χ3v) is 5.83. The molecule has 0 bridgehead atoms. The van der Waals surface area contributed by atoms with E-state index in [0.29, 0.717) is 5.91 Å². The second-order valence-corrected chi connectivity index (χ2v) is 7.32. The number of anilines is 2. The molecule has 0 aliphatic carbocycles. The van der Waals surface area contributed by atoms with Crippen molar-refractivity contribution in [3.8, 4) is 0 Å². The number of hydrogen-bond acceptors (Lipinski definition) is 7. The third kappa shape index (κ3) is 3.58. The predicted molar refractivity (Wildman–Crippen MR) is 97.9 cm³/mol. The Morgan fingerprint density at radius 3 is 2.40 bits per heavy atom. The molecular formula is C17H22N6OS. The molecule has 2 aliphatic rings. The van der Waals surface area contributed by atoms with Crippen molar-refractivity contribution in [3.63, 3.8) is 0 Å². The van der Waals surface area contributed by atoms with E-state index in [1.165, 1.54) is 0 Å². The normalized spacial score (nSPS) is 19.3. The van der Waals surface area contributed by atoms with Crippen LogP contribution in [-0.2, 0) is 4.79 Å². The number of aromatic nitrogens is 3. The van der Waals surface area contributed by atoms with Crippen LogP contribution in [-0.4, -0.2) is 65.0 Å². The van der Waals surface area contributed by atoms with E-state index in [-0.39, 0.29) is 5.92 Å². The van der Waals surface area contributed by atoms with Gasteiger partial charge < -0.3 is 14.7 Å². The zero-order valence-corrected chi connectivity index (χ0v) is 14.9. The topological polar surface area (TPSA) is 65.5 Å². The van der Waals surface area contributed by atoms with E-state index >= 15 is 0 Å². The summed E-state index contributed by atoms with van der Waals surface area (Å²) in [7, 11) is 0. The number of hydrogen-bond donors (Lipinski definition) is 0. The van der Waals surface area contributed by atoms with Crippen LogP contribution >= 0.6 is 11.3 Å². The van der Waals surface area contributed by atoms with E-state index in [9.17, 15) is 4.79 Å². The van der Waals surface area contributed by atoms with Gasteiger partial charge >= 0.3 is 0 Å². The lowest BCUT2D eigenvalue weighted by Crippen LogP contribution is -2.51. The molecule has 2 aromatic rings. The Kier molecular flexibility index (Phi) is 4.78. The number of amides is 1. The molecule has 2 saturated heterocycles. The molecule has 0 saturated carbocycles. The Morgan fingerprint density at radius 2 is 1.76 bits per heavy atom. The minimum Gasteiger partial charge on any atom is -0.355 e. The number of carbonyl (C=O) groups is 1. The summed E-state index contributed by atoms with van der Waals surface area (Å²) in [6, 6.07) is 0. The average Bonchev–Trinajstić information content (AvgIpc) is 3.23. The van der Waals surface area contributed by atoms with Gasteiger partial charge in [-0.3, -0.25) is 9.78 Å². The maximum Gasteiger partial charge on any atom is 0.225 e. The van der Waals surface area contributed by atoms with E-state index in [0.717, 1.165) is 63.1 Å². The van der Waals surface area contributed by atoms with Gasteiger partial charge in [0.2, 0.25) is 5.91 Å². The van der Waals surface area contributed by atoms with Crippen molar-refractivity contribution < 1.29 is 4.79 Å². The molecular weight excluding hydrogens is 336 g/mol. The molecule has 4 rings (SSSR count). The molecule has 7 nitrogen and oxygen atoms in total. The van der Waals surface area contributed by atoms with Crippen LogP contribution in [0.3, 0.4) is 0 Å². The summed E-state index contributed by atoms with van der Waals surface area (Å²) in [5.74, 6) is 1.36. The molecule has 4 heterocycles. The highest BCUT2D eigenvalue weighted by atomic mass is 32.1. The molecule has 0 radical (unpaired) electrons. The Bertz CT molecular complexity index is 678. The van der Waals surface area contributed by atoms with E-state index in [4.69, 9.17) is 0 Å². The van der Waals surface area contributed by atoms with Gasteiger partial charge in [0.25, 0.3) is 0 Å².